The van der Waals surface area contributed by atoms with Crippen LogP contribution in [0.15, 0.2) is 47.0 Å². The maximum atomic E-state index is 14.2. The van der Waals surface area contributed by atoms with Crippen LogP contribution < -0.4 is 5.32 Å². The number of hydrogen-bond donors (Lipinski definition) is 1. The Morgan fingerprint density at radius 1 is 1.19 bits per heavy atom. The highest BCUT2D eigenvalue weighted by atomic mass is 35.5. The van der Waals surface area contributed by atoms with E-state index in [9.17, 15) is 9.18 Å². The summed E-state index contributed by atoms with van der Waals surface area (Å²) >= 11 is 12.0. The lowest BCUT2D eigenvalue weighted by Gasteiger charge is -2.15. The summed E-state index contributed by atoms with van der Waals surface area (Å²) < 4.78 is 19.4. The number of nitrogens with one attached hydrogen (secondary N) is 1. The fraction of sp³-hybridized carbons (Fsp3) is 0.158. The fourth-order valence-electron chi connectivity index (χ4n) is 2.64. The van der Waals surface area contributed by atoms with Gasteiger partial charge in [-0.15, -0.1) is 0 Å². The highest BCUT2D eigenvalue weighted by Gasteiger charge is 2.26. The third kappa shape index (κ3) is 3.59. The maximum Gasteiger partial charge on any atom is 0.257 e. The van der Waals surface area contributed by atoms with E-state index in [0.29, 0.717) is 5.02 Å². The van der Waals surface area contributed by atoms with Gasteiger partial charge in [0.15, 0.2) is 0 Å². The predicted octanol–water partition coefficient (Wildman–Crippen LogP) is 5.59. The molecule has 0 saturated heterocycles. The van der Waals surface area contributed by atoms with Crippen LogP contribution in [0.2, 0.25) is 10.0 Å². The predicted molar refractivity (Wildman–Crippen MR) is 99.0 cm³/mol. The molecule has 0 saturated carbocycles. The molecule has 0 aliphatic heterocycles. The van der Waals surface area contributed by atoms with Crippen molar-refractivity contribution in [1.29, 1.82) is 0 Å². The Hall–Kier alpha value is -2.37. The van der Waals surface area contributed by atoms with Crippen molar-refractivity contribution in [2.75, 3.05) is 0 Å². The van der Waals surface area contributed by atoms with Gasteiger partial charge >= 0.3 is 0 Å². The zero-order valence-electron chi connectivity index (χ0n) is 14.0. The van der Waals surface area contributed by atoms with Crippen molar-refractivity contribution >= 4 is 29.1 Å². The number of nitrogens with zero attached hydrogens (tertiary/aromatic N) is 1. The first-order valence-corrected chi connectivity index (χ1v) is 8.61. The number of carbonyl (C=O) groups is 1. The average molecular weight is 393 g/mol. The van der Waals surface area contributed by atoms with Crippen LogP contribution in [0.4, 0.5) is 4.39 Å². The quantitative estimate of drug-likeness (QED) is 0.629. The molecule has 4 nitrogen and oxygen atoms in total. The van der Waals surface area contributed by atoms with Crippen molar-refractivity contribution in [3.63, 3.8) is 0 Å². The minimum absolute atomic E-state index is 0.0373. The van der Waals surface area contributed by atoms with E-state index in [4.69, 9.17) is 27.7 Å². The molecule has 0 aliphatic rings. The molecule has 26 heavy (non-hydrogen) atoms. The lowest BCUT2D eigenvalue weighted by atomic mass is 10.0. The van der Waals surface area contributed by atoms with E-state index in [2.05, 4.69) is 10.5 Å². The minimum Gasteiger partial charge on any atom is -0.360 e. The molecule has 1 amide bonds. The zero-order chi connectivity index (χ0) is 18.8. The summed E-state index contributed by atoms with van der Waals surface area (Å²) in [5.41, 5.74) is 1.14. The number of hydrogen-bond acceptors (Lipinski definition) is 3. The fourth-order valence-corrected chi connectivity index (χ4v) is 3.02. The first-order valence-electron chi connectivity index (χ1n) is 7.85. The molecule has 0 aliphatic carbocycles. The van der Waals surface area contributed by atoms with Gasteiger partial charge in [-0.1, -0.05) is 46.6 Å². The summed E-state index contributed by atoms with van der Waals surface area (Å²) in [5, 5.41) is 7.46. The second kappa shape index (κ2) is 7.48. The molecule has 0 fully saturated rings. The molecule has 0 radical (unpaired) electrons. The van der Waals surface area contributed by atoms with E-state index >= 15 is 0 Å². The molecule has 0 spiro atoms. The van der Waals surface area contributed by atoms with E-state index in [1.54, 1.807) is 19.1 Å². The van der Waals surface area contributed by atoms with E-state index in [1.807, 2.05) is 19.1 Å². The standard InChI is InChI=1S/C19H15Cl2FN2O2/c1-10(12-6-8-13(20)9-7-12)23-19(25)16-11(2)26-24-18(16)17-14(21)4-3-5-15(17)22/h3-10H,1-2H3,(H,23,25). The lowest BCUT2D eigenvalue weighted by molar-refractivity contribution is 0.0939. The van der Waals surface area contributed by atoms with Gasteiger partial charge < -0.3 is 9.84 Å². The van der Waals surface area contributed by atoms with Gasteiger partial charge in [-0.3, -0.25) is 4.79 Å². The zero-order valence-corrected chi connectivity index (χ0v) is 15.5. The first-order chi connectivity index (χ1) is 12.4. The smallest absolute Gasteiger partial charge is 0.257 e. The Labute approximate surface area is 159 Å². The Kier molecular flexibility index (Phi) is 5.30. The number of carbonyl (C=O) groups excluding carboxylic acids is 1. The van der Waals surface area contributed by atoms with Gasteiger partial charge in [0.1, 0.15) is 22.8 Å². The summed E-state index contributed by atoms with van der Waals surface area (Å²) in [7, 11) is 0. The molecule has 1 heterocycles. The van der Waals surface area contributed by atoms with Crippen LogP contribution in [0.5, 0.6) is 0 Å². The Balaban J connectivity index is 1.93. The van der Waals surface area contributed by atoms with Gasteiger partial charge in [0, 0.05) is 5.02 Å². The maximum absolute atomic E-state index is 14.2. The van der Waals surface area contributed by atoms with E-state index in [1.165, 1.54) is 18.2 Å². The summed E-state index contributed by atoms with van der Waals surface area (Å²) in [5.74, 6) is -0.730. The number of aryl methyl sites for hydroxylation is 1. The van der Waals surface area contributed by atoms with Crippen molar-refractivity contribution in [2.45, 2.75) is 19.9 Å². The molecular formula is C19H15Cl2FN2O2. The van der Waals surface area contributed by atoms with Crippen molar-refractivity contribution in [2.24, 2.45) is 0 Å². The van der Waals surface area contributed by atoms with Gasteiger partial charge in [0.05, 0.1) is 16.6 Å². The van der Waals surface area contributed by atoms with Crippen molar-refractivity contribution in [3.05, 3.63) is 75.2 Å². The molecule has 2 aromatic carbocycles. The number of benzene rings is 2. The summed E-state index contributed by atoms with van der Waals surface area (Å²) in [6, 6.07) is 11.1. The number of aromatic nitrogens is 1. The number of amides is 1. The van der Waals surface area contributed by atoms with Gasteiger partial charge in [0.25, 0.3) is 5.91 Å². The summed E-state index contributed by atoms with van der Waals surface area (Å²) in [6.07, 6.45) is 0. The SMILES string of the molecule is Cc1onc(-c2c(F)cccc2Cl)c1C(=O)NC(C)c1ccc(Cl)cc1. The van der Waals surface area contributed by atoms with Gasteiger partial charge in [-0.2, -0.15) is 0 Å². The normalized spacial score (nSPS) is 12.0. The molecule has 1 N–H and O–H groups in total. The second-order valence-corrected chi connectivity index (χ2v) is 6.65. The number of halogens is 3. The monoisotopic (exact) mass is 392 g/mol. The molecule has 134 valence electrons. The lowest BCUT2D eigenvalue weighted by Crippen LogP contribution is -2.27. The molecule has 1 unspecified atom stereocenters. The molecule has 0 bridgehead atoms. The van der Waals surface area contributed by atoms with Crippen LogP contribution in [0.25, 0.3) is 11.3 Å². The molecule has 1 atom stereocenters. The minimum atomic E-state index is -0.578. The van der Waals surface area contributed by atoms with E-state index in [-0.39, 0.29) is 33.6 Å². The van der Waals surface area contributed by atoms with Crippen LogP contribution in [0, 0.1) is 12.7 Å². The topological polar surface area (TPSA) is 55.1 Å². The van der Waals surface area contributed by atoms with Crippen LogP contribution in [0.1, 0.15) is 34.6 Å². The largest absolute Gasteiger partial charge is 0.360 e. The van der Waals surface area contributed by atoms with Crippen LogP contribution in [-0.4, -0.2) is 11.1 Å². The first kappa shape index (κ1) is 18.4. The molecular weight excluding hydrogens is 378 g/mol. The summed E-state index contributed by atoms with van der Waals surface area (Å²) in [4.78, 5) is 12.8. The van der Waals surface area contributed by atoms with Crippen LogP contribution in [-0.2, 0) is 0 Å². The van der Waals surface area contributed by atoms with Crippen molar-refractivity contribution in [3.8, 4) is 11.3 Å². The third-order valence-corrected chi connectivity index (χ3v) is 4.57. The second-order valence-electron chi connectivity index (χ2n) is 5.81. The van der Waals surface area contributed by atoms with Crippen molar-refractivity contribution < 1.29 is 13.7 Å². The van der Waals surface area contributed by atoms with Crippen molar-refractivity contribution in [1.82, 2.24) is 10.5 Å². The molecule has 7 heteroatoms. The highest BCUT2D eigenvalue weighted by Crippen LogP contribution is 2.33. The third-order valence-electron chi connectivity index (χ3n) is 4.01. The van der Waals surface area contributed by atoms with E-state index in [0.717, 1.165) is 5.56 Å². The molecule has 3 aromatic rings. The average Bonchev–Trinajstić information content (AvgIpc) is 2.96. The van der Waals surface area contributed by atoms with Gasteiger partial charge in [0.2, 0.25) is 0 Å². The summed E-state index contributed by atoms with van der Waals surface area (Å²) in [6.45, 7) is 3.42. The van der Waals surface area contributed by atoms with Crippen LogP contribution >= 0.6 is 23.2 Å². The van der Waals surface area contributed by atoms with Gasteiger partial charge in [-0.25, -0.2) is 4.39 Å². The van der Waals surface area contributed by atoms with Gasteiger partial charge in [-0.05, 0) is 43.7 Å². The molecule has 1 aromatic heterocycles. The molecule has 3 rings (SSSR count). The number of rotatable bonds is 4. The highest BCUT2D eigenvalue weighted by molar-refractivity contribution is 6.33. The Morgan fingerprint density at radius 3 is 2.54 bits per heavy atom. The Bertz CT molecular complexity index is 934. The van der Waals surface area contributed by atoms with Crippen LogP contribution in [0.3, 0.4) is 0 Å². The Morgan fingerprint density at radius 2 is 1.88 bits per heavy atom. The van der Waals surface area contributed by atoms with E-state index < -0.39 is 11.7 Å².